The molecule has 0 bridgehead atoms. The van der Waals surface area contributed by atoms with Gasteiger partial charge in [-0.15, -0.1) is 0 Å². The Balaban J connectivity index is 2.14. The van der Waals surface area contributed by atoms with Gasteiger partial charge in [0.2, 0.25) is 23.6 Å². The van der Waals surface area contributed by atoms with E-state index in [1.807, 2.05) is 89.8 Å². The first-order chi connectivity index (χ1) is 24.1. The number of benzene rings is 1. The van der Waals surface area contributed by atoms with Crippen molar-refractivity contribution < 1.29 is 28.7 Å². The van der Waals surface area contributed by atoms with Gasteiger partial charge >= 0.3 is 0 Å². The number of nitrogens with one attached hydrogen (secondary N) is 3. The number of methoxy groups -OCH3 is 2. The number of anilines is 1. The molecular weight excluding hydrogens is 650 g/mol. The molecule has 1 aliphatic rings. The Morgan fingerprint density at radius 1 is 1.00 bits per heavy atom. The number of nitrogens with zero attached hydrogens (tertiary/aromatic N) is 3. The molecule has 8 unspecified atom stereocenters. The van der Waals surface area contributed by atoms with Crippen LogP contribution in [-0.4, -0.2) is 137 Å². The monoisotopic (exact) mass is 718 g/mol. The van der Waals surface area contributed by atoms with Gasteiger partial charge in [0.1, 0.15) is 0 Å². The summed E-state index contributed by atoms with van der Waals surface area (Å²) in [6, 6.07) is 6.69. The second-order valence-electron chi connectivity index (χ2n) is 14.6. The normalized spacial score (nSPS) is 18.8. The van der Waals surface area contributed by atoms with Gasteiger partial charge in [-0.25, -0.2) is 0 Å². The van der Waals surface area contributed by atoms with Crippen LogP contribution in [0, 0.1) is 17.8 Å². The molecular formula is C38H67N7O6. The zero-order valence-electron chi connectivity index (χ0n) is 33.0. The summed E-state index contributed by atoms with van der Waals surface area (Å²) in [6.45, 7) is 10.5. The molecule has 1 saturated heterocycles. The molecule has 0 saturated carbocycles. The van der Waals surface area contributed by atoms with Crippen LogP contribution in [0.15, 0.2) is 24.3 Å². The lowest BCUT2D eigenvalue weighted by atomic mass is 9.90. The predicted molar refractivity (Wildman–Crippen MR) is 202 cm³/mol. The largest absolute Gasteiger partial charge is 0.388 e. The smallest absolute Gasteiger partial charge is 0.242 e. The lowest BCUT2D eigenvalue weighted by molar-refractivity contribution is -0.146. The van der Waals surface area contributed by atoms with E-state index in [9.17, 15) is 19.2 Å². The summed E-state index contributed by atoms with van der Waals surface area (Å²) in [5, 5.41) is 9.03. The van der Waals surface area contributed by atoms with Crippen molar-refractivity contribution in [1.82, 2.24) is 25.3 Å². The van der Waals surface area contributed by atoms with E-state index in [0.29, 0.717) is 19.4 Å². The van der Waals surface area contributed by atoms with Crippen molar-refractivity contribution in [2.75, 3.05) is 67.4 Å². The molecule has 51 heavy (non-hydrogen) atoms. The molecule has 1 aromatic rings. The molecule has 2 rings (SSSR count). The number of amides is 4. The summed E-state index contributed by atoms with van der Waals surface area (Å²) in [4.78, 5) is 59.2. The Morgan fingerprint density at radius 2 is 1.65 bits per heavy atom. The highest BCUT2D eigenvalue weighted by atomic mass is 16.5. The molecule has 0 spiro atoms. The molecule has 8 atom stereocenters. The molecule has 13 heteroatoms. The van der Waals surface area contributed by atoms with E-state index >= 15 is 0 Å². The molecule has 1 aliphatic heterocycles. The average molecular weight is 718 g/mol. The molecule has 290 valence electrons. The van der Waals surface area contributed by atoms with Crippen LogP contribution in [0.3, 0.4) is 0 Å². The molecule has 4 amide bonds. The van der Waals surface area contributed by atoms with Crippen molar-refractivity contribution in [1.29, 1.82) is 0 Å². The van der Waals surface area contributed by atoms with Crippen LogP contribution in [-0.2, 0) is 35.1 Å². The van der Waals surface area contributed by atoms with Crippen LogP contribution in [0.2, 0.25) is 0 Å². The van der Waals surface area contributed by atoms with Crippen LogP contribution in [0.25, 0.3) is 0 Å². The number of carbonyl (C=O) groups excluding carboxylic acids is 4. The van der Waals surface area contributed by atoms with Crippen molar-refractivity contribution in [2.45, 2.75) is 103 Å². The van der Waals surface area contributed by atoms with Gasteiger partial charge in [-0.1, -0.05) is 53.2 Å². The Morgan fingerprint density at radius 3 is 2.16 bits per heavy atom. The first-order valence-electron chi connectivity index (χ1n) is 18.5. The highest BCUT2D eigenvalue weighted by molar-refractivity contribution is 5.87. The Kier molecular flexibility index (Phi) is 18.3. The molecule has 1 heterocycles. The topological polar surface area (TPSA) is 159 Å². The van der Waals surface area contributed by atoms with Gasteiger partial charge in [0, 0.05) is 53.1 Å². The van der Waals surface area contributed by atoms with Gasteiger partial charge in [0.05, 0.1) is 49.2 Å². The summed E-state index contributed by atoms with van der Waals surface area (Å²) < 4.78 is 11.9. The zero-order valence-corrected chi connectivity index (χ0v) is 33.0. The van der Waals surface area contributed by atoms with Crippen molar-refractivity contribution >= 4 is 29.3 Å². The van der Waals surface area contributed by atoms with E-state index in [4.69, 9.17) is 15.2 Å². The number of ether oxygens (including phenoxy) is 2. The third kappa shape index (κ3) is 12.2. The maximum Gasteiger partial charge on any atom is 0.242 e. The minimum atomic E-state index is -0.585. The fraction of sp³-hybridized carbons (Fsp3) is 0.737. The van der Waals surface area contributed by atoms with Gasteiger partial charge in [-0.05, 0) is 62.9 Å². The van der Waals surface area contributed by atoms with Crippen LogP contribution >= 0.6 is 0 Å². The van der Waals surface area contributed by atoms with Crippen molar-refractivity contribution in [3.05, 3.63) is 29.8 Å². The minimum Gasteiger partial charge on any atom is -0.388 e. The summed E-state index contributed by atoms with van der Waals surface area (Å²) >= 11 is 0. The van der Waals surface area contributed by atoms with Crippen LogP contribution in [0.1, 0.15) is 65.9 Å². The van der Waals surface area contributed by atoms with Crippen LogP contribution in [0.5, 0.6) is 0 Å². The molecule has 5 N–H and O–H groups in total. The Bertz CT molecular complexity index is 1240. The minimum absolute atomic E-state index is 0.0131. The van der Waals surface area contributed by atoms with Crippen molar-refractivity contribution in [2.24, 2.45) is 23.5 Å². The number of rotatable bonds is 21. The highest BCUT2D eigenvalue weighted by Crippen LogP contribution is 2.29. The molecule has 0 radical (unpaired) electrons. The summed E-state index contributed by atoms with van der Waals surface area (Å²) in [5.41, 5.74) is 8.14. The maximum atomic E-state index is 14.0. The molecule has 0 aromatic heterocycles. The predicted octanol–water partition coefficient (Wildman–Crippen LogP) is 2.34. The lowest BCUT2D eigenvalue weighted by Gasteiger charge is -2.39. The number of likely N-dealkylation sites (tertiary alicyclic amines) is 1. The Labute approximate surface area is 306 Å². The van der Waals surface area contributed by atoms with Gasteiger partial charge in [-0.2, -0.15) is 0 Å². The Hall–Kier alpha value is -3.26. The fourth-order valence-corrected chi connectivity index (χ4v) is 7.47. The summed E-state index contributed by atoms with van der Waals surface area (Å²) in [6.07, 6.45) is 1.79. The van der Waals surface area contributed by atoms with Gasteiger partial charge in [-0.3, -0.25) is 24.1 Å². The third-order valence-electron chi connectivity index (χ3n) is 10.5. The number of likely N-dealkylation sites (N-methyl/N-ethyl adjacent to an activating group) is 2. The number of hydrogen-bond donors (Lipinski definition) is 4. The summed E-state index contributed by atoms with van der Waals surface area (Å²) in [7, 11) is 10.4. The van der Waals surface area contributed by atoms with E-state index in [1.165, 1.54) is 0 Å². The molecule has 0 aliphatic carbocycles. The first-order valence-corrected chi connectivity index (χ1v) is 18.5. The van der Waals surface area contributed by atoms with E-state index < -0.39 is 24.2 Å². The highest BCUT2D eigenvalue weighted by Gasteiger charge is 2.42. The van der Waals surface area contributed by atoms with E-state index in [-0.39, 0.29) is 73.1 Å². The molecule has 1 fully saturated rings. The third-order valence-corrected chi connectivity index (χ3v) is 10.5. The van der Waals surface area contributed by atoms with E-state index in [0.717, 1.165) is 24.1 Å². The van der Waals surface area contributed by atoms with Crippen molar-refractivity contribution in [3.8, 4) is 0 Å². The lowest BCUT2D eigenvalue weighted by Crippen LogP contribution is -2.55. The van der Waals surface area contributed by atoms with Gasteiger partial charge in [0.25, 0.3) is 0 Å². The van der Waals surface area contributed by atoms with Gasteiger partial charge in [0.15, 0.2) is 0 Å². The second-order valence-corrected chi connectivity index (χ2v) is 14.6. The van der Waals surface area contributed by atoms with Crippen LogP contribution in [0.4, 0.5) is 5.69 Å². The standard InChI is InChI=1S/C38H67N7O6/c1-12-25(4)35(44(9)33(47)23-41-38(49)34(24(2)3)43(7)8)31(50-10)21-32(46)45-19-13-14-30(45)36(51-11)26(5)37(48)42-29(22-39)20-27-15-17-28(40-6)18-16-27/h15-18,24-26,29-31,34-36,40H,12-14,19-23,39H2,1-11H3,(H,41,49)(H,42,48). The number of hydrogen-bond acceptors (Lipinski definition) is 9. The van der Waals surface area contributed by atoms with E-state index in [1.54, 1.807) is 26.2 Å². The molecule has 1 aromatic carbocycles. The SMILES string of the molecule is CCC(C)C(C(CC(=O)N1CCCC1C(OC)C(C)C(=O)NC(CN)Cc1ccc(NC)cc1)OC)N(C)C(=O)CNC(=O)C(C(C)C)N(C)C. The maximum absolute atomic E-state index is 14.0. The second kappa shape index (κ2) is 21.3. The van der Waals surface area contributed by atoms with Gasteiger partial charge < -0.3 is 41.0 Å². The quantitative estimate of drug-likeness (QED) is 0.150. The number of carbonyl (C=O) groups is 4. The fourth-order valence-electron chi connectivity index (χ4n) is 7.47. The van der Waals surface area contributed by atoms with Crippen molar-refractivity contribution in [3.63, 3.8) is 0 Å². The summed E-state index contributed by atoms with van der Waals surface area (Å²) in [5.74, 6) is -1.20. The molecule has 13 nitrogen and oxygen atoms in total. The number of nitrogens with two attached hydrogens (primary N) is 1. The average Bonchev–Trinajstić information content (AvgIpc) is 3.59. The zero-order chi connectivity index (χ0) is 38.4. The van der Waals surface area contributed by atoms with Crippen LogP contribution < -0.4 is 21.7 Å². The first kappa shape index (κ1) is 43.9. The van der Waals surface area contributed by atoms with E-state index in [2.05, 4.69) is 16.0 Å².